The number of carbonyl (C=O) groups is 1. The van der Waals surface area contributed by atoms with Gasteiger partial charge in [0.1, 0.15) is 11.5 Å². The number of aromatic nitrogens is 2. The van der Waals surface area contributed by atoms with Gasteiger partial charge in [0.15, 0.2) is 0 Å². The number of rotatable bonds is 6. The van der Waals surface area contributed by atoms with Crippen LogP contribution < -0.4 is 0 Å². The van der Waals surface area contributed by atoms with E-state index in [0.29, 0.717) is 18.2 Å². The lowest BCUT2D eigenvalue weighted by Crippen LogP contribution is -2.34. The van der Waals surface area contributed by atoms with Gasteiger partial charge in [-0.1, -0.05) is 43.2 Å². The first-order chi connectivity index (χ1) is 11.8. The highest BCUT2D eigenvalue weighted by molar-refractivity contribution is 5.92. The third kappa shape index (κ3) is 3.97. The van der Waals surface area contributed by atoms with E-state index < -0.39 is 0 Å². The molecule has 1 N–H and O–H groups in total. The predicted octanol–water partition coefficient (Wildman–Crippen LogP) is 2.77. The summed E-state index contributed by atoms with van der Waals surface area (Å²) in [5.41, 5.74) is 1.45. The fourth-order valence-electron chi connectivity index (χ4n) is 3.21. The third-order valence-corrected chi connectivity index (χ3v) is 4.49. The van der Waals surface area contributed by atoms with Crippen LogP contribution in [0.15, 0.2) is 42.6 Å². The lowest BCUT2D eigenvalue weighted by atomic mass is 10.1. The molecule has 1 heterocycles. The highest BCUT2D eigenvalue weighted by atomic mass is 16.3. The number of hydrogen-bond donors (Lipinski definition) is 1. The Labute approximate surface area is 142 Å². The monoisotopic (exact) mass is 325 g/mol. The van der Waals surface area contributed by atoms with Crippen molar-refractivity contribution in [2.24, 2.45) is 0 Å². The molecule has 0 saturated heterocycles. The molecule has 126 valence electrons. The molecular formula is C19H23N3O2. The zero-order chi connectivity index (χ0) is 16.8. The molecule has 5 heteroatoms. The van der Waals surface area contributed by atoms with Crippen LogP contribution in [0.5, 0.6) is 0 Å². The van der Waals surface area contributed by atoms with Crippen molar-refractivity contribution in [1.82, 2.24) is 14.9 Å². The molecule has 0 spiro atoms. The largest absolute Gasteiger partial charge is 0.395 e. The summed E-state index contributed by atoms with van der Waals surface area (Å²) in [5, 5.41) is 9.31. The van der Waals surface area contributed by atoms with Gasteiger partial charge in [0, 0.05) is 25.2 Å². The summed E-state index contributed by atoms with van der Waals surface area (Å²) in [6.07, 6.45) is 6.28. The molecule has 0 aliphatic heterocycles. The van der Waals surface area contributed by atoms with Gasteiger partial charge in [-0.2, -0.15) is 0 Å². The van der Waals surface area contributed by atoms with E-state index in [-0.39, 0.29) is 19.1 Å². The summed E-state index contributed by atoms with van der Waals surface area (Å²) < 4.78 is 0. The Morgan fingerprint density at radius 1 is 1.17 bits per heavy atom. The van der Waals surface area contributed by atoms with Crippen molar-refractivity contribution in [2.75, 3.05) is 13.2 Å². The van der Waals surface area contributed by atoms with E-state index in [1.165, 1.54) is 12.8 Å². The summed E-state index contributed by atoms with van der Waals surface area (Å²) >= 11 is 0. The smallest absolute Gasteiger partial charge is 0.272 e. The predicted molar refractivity (Wildman–Crippen MR) is 91.5 cm³/mol. The van der Waals surface area contributed by atoms with Crippen LogP contribution in [0.1, 0.15) is 53.5 Å². The minimum absolute atomic E-state index is 0.0703. The highest BCUT2D eigenvalue weighted by Crippen LogP contribution is 2.31. The molecule has 1 fully saturated rings. The van der Waals surface area contributed by atoms with Crippen molar-refractivity contribution in [3.63, 3.8) is 0 Å². The first-order valence-electron chi connectivity index (χ1n) is 8.55. The summed E-state index contributed by atoms with van der Waals surface area (Å²) in [4.78, 5) is 23.3. The third-order valence-electron chi connectivity index (χ3n) is 4.49. The Hall–Kier alpha value is -2.27. The normalized spacial score (nSPS) is 14.7. The summed E-state index contributed by atoms with van der Waals surface area (Å²) in [6, 6.07) is 11.4. The van der Waals surface area contributed by atoms with E-state index in [2.05, 4.69) is 9.97 Å². The molecule has 1 amide bonds. The Balaban J connectivity index is 1.78. The van der Waals surface area contributed by atoms with Crippen LogP contribution in [-0.4, -0.2) is 39.0 Å². The molecule has 1 saturated carbocycles. The van der Waals surface area contributed by atoms with E-state index in [4.69, 9.17) is 0 Å². The molecular weight excluding hydrogens is 302 g/mol. The Bertz CT molecular complexity index is 669. The van der Waals surface area contributed by atoms with E-state index in [9.17, 15) is 9.90 Å². The maximum atomic E-state index is 12.8. The maximum Gasteiger partial charge on any atom is 0.272 e. The van der Waals surface area contributed by atoms with Gasteiger partial charge in [0.05, 0.1) is 6.61 Å². The zero-order valence-corrected chi connectivity index (χ0v) is 13.8. The fraction of sp³-hybridized carbons (Fsp3) is 0.421. The summed E-state index contributed by atoms with van der Waals surface area (Å²) in [6.45, 7) is 0.679. The average Bonchev–Trinajstić information content (AvgIpc) is 3.16. The quantitative estimate of drug-likeness (QED) is 0.887. The number of amides is 1. The molecule has 2 aromatic rings. The van der Waals surface area contributed by atoms with Gasteiger partial charge >= 0.3 is 0 Å². The molecule has 0 unspecified atom stereocenters. The molecule has 0 radical (unpaired) electrons. The van der Waals surface area contributed by atoms with Crippen LogP contribution in [0.25, 0.3) is 0 Å². The Morgan fingerprint density at radius 2 is 1.92 bits per heavy atom. The molecule has 1 aromatic carbocycles. The lowest BCUT2D eigenvalue weighted by molar-refractivity contribution is 0.0701. The van der Waals surface area contributed by atoms with E-state index in [0.717, 1.165) is 24.2 Å². The second-order valence-corrected chi connectivity index (χ2v) is 6.22. The van der Waals surface area contributed by atoms with Gasteiger partial charge in [-0.05, 0) is 24.5 Å². The minimum Gasteiger partial charge on any atom is -0.395 e. The van der Waals surface area contributed by atoms with E-state index >= 15 is 0 Å². The number of aliphatic hydroxyl groups is 1. The first-order valence-corrected chi connectivity index (χ1v) is 8.55. The van der Waals surface area contributed by atoms with E-state index in [1.54, 1.807) is 17.2 Å². The molecule has 5 nitrogen and oxygen atoms in total. The van der Waals surface area contributed by atoms with Crippen molar-refractivity contribution >= 4 is 5.91 Å². The van der Waals surface area contributed by atoms with Crippen LogP contribution in [0.2, 0.25) is 0 Å². The second kappa shape index (κ2) is 8.02. The average molecular weight is 325 g/mol. The number of aliphatic hydroxyl groups excluding tert-OH is 1. The Morgan fingerprint density at radius 3 is 2.62 bits per heavy atom. The molecule has 1 aromatic heterocycles. The van der Waals surface area contributed by atoms with Gasteiger partial charge < -0.3 is 10.0 Å². The second-order valence-electron chi connectivity index (χ2n) is 6.22. The molecule has 1 aliphatic carbocycles. The molecule has 24 heavy (non-hydrogen) atoms. The van der Waals surface area contributed by atoms with Crippen LogP contribution in [-0.2, 0) is 6.54 Å². The number of nitrogens with zero attached hydrogens (tertiary/aromatic N) is 3. The number of carbonyl (C=O) groups excluding carboxylic acids is 1. The SMILES string of the molecule is O=C(c1ccnc(C2CCCC2)n1)N(CCO)Cc1ccccc1. The van der Waals surface area contributed by atoms with Crippen molar-refractivity contribution < 1.29 is 9.90 Å². The van der Waals surface area contributed by atoms with Crippen LogP contribution in [0, 0.1) is 0 Å². The van der Waals surface area contributed by atoms with Crippen molar-refractivity contribution in [3.8, 4) is 0 Å². The zero-order valence-electron chi connectivity index (χ0n) is 13.8. The van der Waals surface area contributed by atoms with Gasteiger partial charge in [-0.25, -0.2) is 9.97 Å². The molecule has 0 atom stereocenters. The standard InChI is InChI=1S/C19H23N3O2/c23-13-12-22(14-15-6-2-1-3-7-15)19(24)17-10-11-20-18(21-17)16-8-4-5-9-16/h1-3,6-7,10-11,16,23H,4-5,8-9,12-14H2. The first kappa shape index (κ1) is 16.6. The highest BCUT2D eigenvalue weighted by Gasteiger charge is 2.22. The van der Waals surface area contributed by atoms with Gasteiger partial charge in [-0.3, -0.25) is 4.79 Å². The van der Waals surface area contributed by atoms with Gasteiger partial charge in [0.25, 0.3) is 5.91 Å². The van der Waals surface area contributed by atoms with Crippen molar-refractivity contribution in [3.05, 3.63) is 59.7 Å². The molecule has 1 aliphatic rings. The Kier molecular flexibility index (Phi) is 5.54. The fourth-order valence-corrected chi connectivity index (χ4v) is 3.21. The van der Waals surface area contributed by atoms with Crippen molar-refractivity contribution in [2.45, 2.75) is 38.1 Å². The van der Waals surface area contributed by atoms with Crippen molar-refractivity contribution in [1.29, 1.82) is 0 Å². The number of hydrogen-bond acceptors (Lipinski definition) is 4. The molecule has 3 rings (SSSR count). The lowest BCUT2D eigenvalue weighted by Gasteiger charge is -2.22. The van der Waals surface area contributed by atoms with Crippen LogP contribution in [0.4, 0.5) is 0 Å². The number of benzene rings is 1. The topological polar surface area (TPSA) is 66.3 Å². The minimum atomic E-state index is -0.158. The van der Waals surface area contributed by atoms with Gasteiger partial charge in [0.2, 0.25) is 0 Å². The van der Waals surface area contributed by atoms with Crippen LogP contribution >= 0.6 is 0 Å². The summed E-state index contributed by atoms with van der Waals surface area (Å²) in [7, 11) is 0. The van der Waals surface area contributed by atoms with Gasteiger partial charge in [-0.15, -0.1) is 0 Å². The maximum absolute atomic E-state index is 12.8. The van der Waals surface area contributed by atoms with Crippen LogP contribution in [0.3, 0.4) is 0 Å². The molecule has 0 bridgehead atoms. The summed E-state index contributed by atoms with van der Waals surface area (Å²) in [5.74, 6) is 0.995. The van der Waals surface area contributed by atoms with E-state index in [1.807, 2.05) is 30.3 Å².